The van der Waals surface area contributed by atoms with Crippen molar-refractivity contribution in [2.45, 2.75) is 6.92 Å². The summed E-state index contributed by atoms with van der Waals surface area (Å²) in [6.45, 7) is 4.63. The molecule has 1 aliphatic rings. The van der Waals surface area contributed by atoms with Crippen molar-refractivity contribution in [3.05, 3.63) is 65.0 Å². The fourth-order valence-corrected chi connectivity index (χ4v) is 5.52. The lowest BCUT2D eigenvalue weighted by molar-refractivity contribution is 0.103. The molecule has 36 heavy (non-hydrogen) atoms. The first-order chi connectivity index (χ1) is 17.5. The second-order valence-electron chi connectivity index (χ2n) is 8.38. The molecule has 0 atom stereocenters. The van der Waals surface area contributed by atoms with Crippen LogP contribution in [0, 0.1) is 12.7 Å². The van der Waals surface area contributed by atoms with Crippen LogP contribution in [0.4, 0.5) is 21.6 Å². The van der Waals surface area contributed by atoms with E-state index in [1.165, 1.54) is 23.7 Å². The molecule has 3 heterocycles. The number of anilines is 3. The molecule has 4 aromatic rings. The first-order valence-electron chi connectivity index (χ1n) is 11.5. The summed E-state index contributed by atoms with van der Waals surface area (Å²) in [6, 6.07) is 12.1. The molecule has 1 N–H and O–H groups in total. The number of amides is 1. The van der Waals surface area contributed by atoms with Crippen LogP contribution in [-0.4, -0.2) is 56.3 Å². The van der Waals surface area contributed by atoms with Gasteiger partial charge >= 0.3 is 0 Å². The number of nitrogens with zero attached hydrogens (tertiary/aromatic N) is 4. The van der Waals surface area contributed by atoms with E-state index in [-0.39, 0.29) is 11.7 Å². The van der Waals surface area contributed by atoms with E-state index in [1.807, 2.05) is 17.9 Å². The van der Waals surface area contributed by atoms with Crippen LogP contribution in [0.3, 0.4) is 0 Å². The summed E-state index contributed by atoms with van der Waals surface area (Å²) in [5.41, 5.74) is 2.05. The molecular weight excluding hydrogens is 481 g/mol. The molecule has 1 aliphatic heterocycles. The minimum Gasteiger partial charge on any atom is -0.493 e. The molecule has 0 saturated carbocycles. The number of hydrogen-bond donors (Lipinski definition) is 1. The third kappa shape index (κ3) is 4.39. The van der Waals surface area contributed by atoms with Gasteiger partial charge in [-0.25, -0.2) is 14.4 Å². The average molecular weight is 508 g/mol. The van der Waals surface area contributed by atoms with Crippen LogP contribution in [0.1, 0.15) is 15.2 Å². The van der Waals surface area contributed by atoms with Gasteiger partial charge in [-0.1, -0.05) is 12.1 Å². The van der Waals surface area contributed by atoms with Crippen molar-refractivity contribution in [1.82, 2.24) is 9.97 Å². The SMILES string of the molecule is COc1ccc(NC(=O)c2sc3ncnc(N4CCN(c5ccccc5F)CC4)c3c2C)cc1OC. The first kappa shape index (κ1) is 23.8. The van der Waals surface area contributed by atoms with E-state index in [0.717, 1.165) is 21.6 Å². The maximum atomic E-state index is 14.2. The number of thiophene rings is 1. The third-order valence-electron chi connectivity index (χ3n) is 6.33. The van der Waals surface area contributed by atoms with Crippen molar-refractivity contribution in [3.63, 3.8) is 0 Å². The van der Waals surface area contributed by atoms with Crippen molar-refractivity contribution in [1.29, 1.82) is 0 Å². The van der Waals surface area contributed by atoms with Gasteiger partial charge in [0.05, 0.1) is 30.2 Å². The van der Waals surface area contributed by atoms with Crippen LogP contribution >= 0.6 is 11.3 Å². The van der Waals surface area contributed by atoms with Crippen LogP contribution < -0.4 is 24.6 Å². The average Bonchev–Trinajstić information content (AvgIpc) is 3.25. The Bertz CT molecular complexity index is 1420. The van der Waals surface area contributed by atoms with Crippen molar-refractivity contribution in [2.75, 3.05) is 55.5 Å². The Balaban J connectivity index is 1.38. The Labute approximate surface area is 212 Å². The number of methoxy groups -OCH3 is 2. The monoisotopic (exact) mass is 507 g/mol. The Morgan fingerprint density at radius 2 is 1.72 bits per heavy atom. The molecule has 0 unspecified atom stereocenters. The van der Waals surface area contributed by atoms with Gasteiger partial charge in [-0.05, 0) is 36.8 Å². The number of carbonyl (C=O) groups excluding carboxylic acids is 1. The zero-order valence-corrected chi connectivity index (χ0v) is 21.1. The fourth-order valence-electron chi connectivity index (χ4n) is 4.48. The molecule has 186 valence electrons. The van der Waals surface area contributed by atoms with Gasteiger partial charge in [0.2, 0.25) is 0 Å². The molecule has 2 aromatic carbocycles. The molecule has 1 saturated heterocycles. The summed E-state index contributed by atoms with van der Waals surface area (Å²) < 4.78 is 24.9. The number of halogens is 1. The minimum absolute atomic E-state index is 0.214. The number of nitrogens with one attached hydrogen (secondary N) is 1. The number of carbonyl (C=O) groups is 1. The summed E-state index contributed by atoms with van der Waals surface area (Å²) in [7, 11) is 3.12. The highest BCUT2D eigenvalue weighted by molar-refractivity contribution is 7.20. The Morgan fingerprint density at radius 1 is 1.00 bits per heavy atom. The zero-order chi connectivity index (χ0) is 25.2. The first-order valence-corrected chi connectivity index (χ1v) is 12.3. The largest absolute Gasteiger partial charge is 0.493 e. The van der Waals surface area contributed by atoms with Crippen LogP contribution in [0.5, 0.6) is 11.5 Å². The Hall–Kier alpha value is -3.92. The second-order valence-corrected chi connectivity index (χ2v) is 9.38. The Kier molecular flexibility index (Phi) is 6.60. The quantitative estimate of drug-likeness (QED) is 0.404. The molecule has 0 bridgehead atoms. The highest BCUT2D eigenvalue weighted by Gasteiger charge is 2.25. The number of ether oxygens (including phenoxy) is 2. The van der Waals surface area contributed by atoms with E-state index in [4.69, 9.17) is 9.47 Å². The number of para-hydroxylation sites is 1. The normalized spacial score (nSPS) is 13.7. The summed E-state index contributed by atoms with van der Waals surface area (Å²) in [6.07, 6.45) is 1.53. The van der Waals surface area contributed by atoms with Crippen LogP contribution in [0.2, 0.25) is 0 Å². The zero-order valence-electron chi connectivity index (χ0n) is 20.2. The lowest BCUT2D eigenvalue weighted by Crippen LogP contribution is -2.47. The van der Waals surface area contributed by atoms with Gasteiger partial charge in [-0.2, -0.15) is 0 Å². The van der Waals surface area contributed by atoms with E-state index < -0.39 is 0 Å². The van der Waals surface area contributed by atoms with Gasteiger partial charge in [0, 0.05) is 37.9 Å². The van der Waals surface area contributed by atoms with Crippen LogP contribution in [0.25, 0.3) is 10.2 Å². The minimum atomic E-state index is -0.224. The molecule has 1 fully saturated rings. The number of rotatable bonds is 6. The molecule has 0 radical (unpaired) electrons. The molecule has 0 spiro atoms. The number of fused-ring (bicyclic) bond motifs is 1. The topological polar surface area (TPSA) is 79.8 Å². The highest BCUT2D eigenvalue weighted by atomic mass is 32.1. The van der Waals surface area contributed by atoms with Gasteiger partial charge in [0.1, 0.15) is 22.8 Å². The number of benzene rings is 2. The molecule has 5 rings (SSSR count). The maximum Gasteiger partial charge on any atom is 0.266 e. The summed E-state index contributed by atoms with van der Waals surface area (Å²) in [5.74, 6) is 1.48. The second kappa shape index (κ2) is 9.98. The number of aromatic nitrogens is 2. The number of aryl methyl sites for hydroxylation is 1. The predicted molar refractivity (Wildman–Crippen MR) is 140 cm³/mol. The maximum absolute atomic E-state index is 14.2. The number of hydrogen-bond acceptors (Lipinski definition) is 8. The smallest absolute Gasteiger partial charge is 0.266 e. The van der Waals surface area contributed by atoms with Gasteiger partial charge in [-0.3, -0.25) is 4.79 Å². The molecular formula is C26H26FN5O3S. The van der Waals surface area contributed by atoms with Crippen molar-refractivity contribution in [2.24, 2.45) is 0 Å². The summed E-state index contributed by atoms with van der Waals surface area (Å²) in [4.78, 5) is 27.8. The third-order valence-corrected chi connectivity index (χ3v) is 7.53. The van der Waals surface area contributed by atoms with E-state index in [1.54, 1.807) is 44.6 Å². The molecule has 1 amide bonds. The van der Waals surface area contributed by atoms with Gasteiger partial charge < -0.3 is 24.6 Å². The molecule has 10 heteroatoms. The van der Waals surface area contributed by atoms with Crippen molar-refractivity contribution >= 4 is 44.7 Å². The van der Waals surface area contributed by atoms with Crippen LogP contribution in [-0.2, 0) is 0 Å². The van der Waals surface area contributed by atoms with E-state index >= 15 is 0 Å². The molecule has 2 aromatic heterocycles. The lowest BCUT2D eigenvalue weighted by atomic mass is 10.1. The van der Waals surface area contributed by atoms with E-state index in [0.29, 0.717) is 53.9 Å². The van der Waals surface area contributed by atoms with Gasteiger partial charge in [0.15, 0.2) is 11.5 Å². The Morgan fingerprint density at radius 3 is 2.44 bits per heavy atom. The number of piperazine rings is 1. The van der Waals surface area contributed by atoms with E-state index in [2.05, 4.69) is 20.2 Å². The predicted octanol–water partition coefficient (Wildman–Crippen LogP) is 4.73. The van der Waals surface area contributed by atoms with Gasteiger partial charge in [-0.15, -0.1) is 11.3 Å². The molecule has 8 nitrogen and oxygen atoms in total. The van der Waals surface area contributed by atoms with Crippen molar-refractivity contribution < 1.29 is 18.7 Å². The van der Waals surface area contributed by atoms with Gasteiger partial charge in [0.25, 0.3) is 5.91 Å². The summed E-state index contributed by atoms with van der Waals surface area (Å²) >= 11 is 1.34. The standard InChI is InChI=1S/C26H26FN5O3S/c1-16-22-24(32-12-10-31(11-13-32)19-7-5-4-6-18(19)27)28-15-29-26(22)36-23(16)25(33)30-17-8-9-20(34-2)21(14-17)35-3/h4-9,14-15H,10-13H2,1-3H3,(H,30,33). The summed E-state index contributed by atoms with van der Waals surface area (Å²) in [5, 5.41) is 3.82. The molecule has 0 aliphatic carbocycles. The fraction of sp³-hybridized carbons (Fsp3) is 0.269. The lowest BCUT2D eigenvalue weighted by Gasteiger charge is -2.37. The van der Waals surface area contributed by atoms with Crippen LogP contribution in [0.15, 0.2) is 48.8 Å². The van der Waals surface area contributed by atoms with E-state index in [9.17, 15) is 9.18 Å². The van der Waals surface area contributed by atoms with Crippen molar-refractivity contribution in [3.8, 4) is 11.5 Å². The highest BCUT2D eigenvalue weighted by Crippen LogP contribution is 2.36.